The first-order chi connectivity index (χ1) is 9.25. The van der Waals surface area contributed by atoms with Crippen LogP contribution in [0.25, 0.3) is 0 Å². The number of aryl methyl sites for hydroxylation is 1. The van der Waals surface area contributed by atoms with Crippen LogP contribution in [-0.2, 0) is 11.3 Å². The van der Waals surface area contributed by atoms with Gasteiger partial charge in [0.05, 0.1) is 13.2 Å². The average Bonchev–Trinajstić information content (AvgIpc) is 2.42. The normalized spacial score (nSPS) is 10.4. The molecule has 0 bridgehead atoms. The second kappa shape index (κ2) is 7.31. The van der Waals surface area contributed by atoms with E-state index in [0.717, 1.165) is 16.7 Å². The van der Waals surface area contributed by atoms with E-state index in [1.165, 1.54) is 11.1 Å². The van der Waals surface area contributed by atoms with Gasteiger partial charge in [0.2, 0.25) is 0 Å². The lowest BCUT2D eigenvalue weighted by Crippen LogP contribution is -2.09. The van der Waals surface area contributed by atoms with Gasteiger partial charge in [-0.05, 0) is 30.7 Å². The summed E-state index contributed by atoms with van der Waals surface area (Å²) in [5, 5.41) is 3.34. The van der Waals surface area contributed by atoms with Crippen LogP contribution in [0.15, 0.2) is 53.0 Å². The molecular weight excluding hydrogens is 302 g/mol. The number of rotatable bonds is 6. The molecule has 0 saturated heterocycles. The van der Waals surface area contributed by atoms with Gasteiger partial charge in [0.1, 0.15) is 0 Å². The minimum absolute atomic E-state index is 0.636. The van der Waals surface area contributed by atoms with Crippen molar-refractivity contribution in [2.24, 2.45) is 0 Å². The highest BCUT2D eigenvalue weighted by molar-refractivity contribution is 9.10. The molecule has 19 heavy (non-hydrogen) atoms. The molecule has 2 aromatic carbocycles. The van der Waals surface area contributed by atoms with Crippen LogP contribution in [0.4, 0.5) is 5.69 Å². The third-order valence-corrected chi connectivity index (χ3v) is 3.62. The summed E-state index contributed by atoms with van der Waals surface area (Å²) in [5.41, 5.74) is 3.59. The third kappa shape index (κ3) is 4.69. The van der Waals surface area contributed by atoms with Gasteiger partial charge in [-0.15, -0.1) is 0 Å². The summed E-state index contributed by atoms with van der Waals surface area (Å²) >= 11 is 3.51. The van der Waals surface area contributed by atoms with Crippen LogP contribution in [0.5, 0.6) is 0 Å². The Hall–Kier alpha value is -1.32. The van der Waals surface area contributed by atoms with Gasteiger partial charge in [-0.2, -0.15) is 0 Å². The molecule has 1 N–H and O–H groups in total. The van der Waals surface area contributed by atoms with E-state index in [9.17, 15) is 0 Å². The molecule has 0 radical (unpaired) electrons. The number of hydrogen-bond donors (Lipinski definition) is 1. The van der Waals surface area contributed by atoms with Crippen molar-refractivity contribution in [2.45, 2.75) is 13.5 Å². The number of halogens is 1. The van der Waals surface area contributed by atoms with Gasteiger partial charge in [0, 0.05) is 16.7 Å². The zero-order valence-corrected chi connectivity index (χ0v) is 12.6. The molecule has 0 aromatic heterocycles. The van der Waals surface area contributed by atoms with E-state index in [1.54, 1.807) is 0 Å². The Morgan fingerprint density at radius 3 is 2.53 bits per heavy atom. The Bertz CT molecular complexity index is 510. The molecular formula is C16H18BrNO. The van der Waals surface area contributed by atoms with Gasteiger partial charge in [0.15, 0.2) is 0 Å². The Morgan fingerprint density at radius 1 is 1.05 bits per heavy atom. The van der Waals surface area contributed by atoms with Crippen LogP contribution in [0.2, 0.25) is 0 Å². The maximum atomic E-state index is 5.65. The summed E-state index contributed by atoms with van der Waals surface area (Å²) < 4.78 is 6.75. The fourth-order valence-electron chi connectivity index (χ4n) is 1.74. The number of nitrogens with one attached hydrogen (secondary N) is 1. The molecule has 100 valence electrons. The first-order valence-electron chi connectivity index (χ1n) is 6.37. The van der Waals surface area contributed by atoms with E-state index < -0.39 is 0 Å². The minimum Gasteiger partial charge on any atom is -0.383 e. The molecule has 2 rings (SSSR count). The van der Waals surface area contributed by atoms with Crippen LogP contribution < -0.4 is 5.32 Å². The molecule has 0 spiro atoms. The van der Waals surface area contributed by atoms with Crippen LogP contribution >= 0.6 is 15.9 Å². The highest BCUT2D eigenvalue weighted by Crippen LogP contribution is 2.16. The van der Waals surface area contributed by atoms with Crippen molar-refractivity contribution in [2.75, 3.05) is 18.5 Å². The highest BCUT2D eigenvalue weighted by atomic mass is 79.9. The second-order valence-corrected chi connectivity index (χ2v) is 5.29. The van der Waals surface area contributed by atoms with E-state index in [1.807, 2.05) is 18.2 Å². The van der Waals surface area contributed by atoms with Crippen LogP contribution in [0.1, 0.15) is 11.1 Å². The Morgan fingerprint density at radius 2 is 1.79 bits per heavy atom. The number of ether oxygens (including phenoxy) is 1. The van der Waals surface area contributed by atoms with Crippen molar-refractivity contribution in [3.8, 4) is 0 Å². The number of anilines is 1. The molecule has 0 unspecified atom stereocenters. The van der Waals surface area contributed by atoms with Crippen molar-refractivity contribution >= 4 is 21.6 Å². The van der Waals surface area contributed by atoms with E-state index in [2.05, 4.69) is 58.5 Å². The lowest BCUT2D eigenvalue weighted by molar-refractivity contribution is 0.130. The van der Waals surface area contributed by atoms with Gasteiger partial charge >= 0.3 is 0 Å². The SMILES string of the molecule is Cc1ccc(NCCOCc2ccccc2Br)cc1. The summed E-state index contributed by atoms with van der Waals surface area (Å²) in [7, 11) is 0. The molecule has 0 saturated carbocycles. The van der Waals surface area contributed by atoms with Crippen molar-refractivity contribution in [3.05, 3.63) is 64.1 Å². The minimum atomic E-state index is 0.636. The van der Waals surface area contributed by atoms with Crippen molar-refractivity contribution in [3.63, 3.8) is 0 Å². The molecule has 0 fully saturated rings. The zero-order valence-electron chi connectivity index (χ0n) is 11.0. The molecule has 0 amide bonds. The first kappa shape index (κ1) is 14.1. The van der Waals surface area contributed by atoms with Gasteiger partial charge in [-0.3, -0.25) is 0 Å². The highest BCUT2D eigenvalue weighted by Gasteiger charge is 1.98. The summed E-state index contributed by atoms with van der Waals surface area (Å²) in [6, 6.07) is 16.5. The summed E-state index contributed by atoms with van der Waals surface area (Å²) in [6.45, 7) is 4.23. The largest absolute Gasteiger partial charge is 0.383 e. The molecule has 0 aliphatic heterocycles. The topological polar surface area (TPSA) is 21.3 Å². The predicted molar refractivity (Wildman–Crippen MR) is 83.5 cm³/mol. The van der Waals surface area contributed by atoms with E-state index in [-0.39, 0.29) is 0 Å². The second-order valence-electron chi connectivity index (χ2n) is 4.44. The monoisotopic (exact) mass is 319 g/mol. The standard InChI is InChI=1S/C16H18BrNO/c1-13-6-8-15(9-7-13)18-10-11-19-12-14-4-2-3-5-16(14)17/h2-9,18H,10-12H2,1H3. The zero-order chi connectivity index (χ0) is 13.5. The van der Waals surface area contributed by atoms with Gasteiger partial charge < -0.3 is 10.1 Å². The molecule has 2 aromatic rings. The fourth-order valence-corrected chi connectivity index (χ4v) is 2.14. The van der Waals surface area contributed by atoms with E-state index in [4.69, 9.17) is 4.74 Å². The maximum Gasteiger partial charge on any atom is 0.0728 e. The maximum absolute atomic E-state index is 5.65. The molecule has 0 aliphatic rings. The van der Waals surface area contributed by atoms with Crippen LogP contribution in [0, 0.1) is 6.92 Å². The van der Waals surface area contributed by atoms with Gasteiger partial charge in [-0.25, -0.2) is 0 Å². The molecule has 0 atom stereocenters. The number of benzene rings is 2. The van der Waals surface area contributed by atoms with E-state index in [0.29, 0.717) is 13.2 Å². The molecule has 0 aliphatic carbocycles. The lowest BCUT2D eigenvalue weighted by atomic mass is 10.2. The summed E-state index contributed by atoms with van der Waals surface area (Å²) in [5.74, 6) is 0. The smallest absolute Gasteiger partial charge is 0.0728 e. The lowest BCUT2D eigenvalue weighted by Gasteiger charge is -2.08. The Balaban J connectivity index is 1.67. The quantitative estimate of drug-likeness (QED) is 0.797. The molecule has 2 nitrogen and oxygen atoms in total. The third-order valence-electron chi connectivity index (χ3n) is 2.84. The van der Waals surface area contributed by atoms with Crippen LogP contribution in [0.3, 0.4) is 0 Å². The predicted octanol–water partition coefficient (Wildman–Crippen LogP) is 4.39. The fraction of sp³-hybridized carbons (Fsp3) is 0.250. The van der Waals surface area contributed by atoms with Gasteiger partial charge in [-0.1, -0.05) is 51.8 Å². The summed E-state index contributed by atoms with van der Waals surface area (Å²) in [6.07, 6.45) is 0. The van der Waals surface area contributed by atoms with E-state index >= 15 is 0 Å². The van der Waals surface area contributed by atoms with Crippen molar-refractivity contribution in [1.29, 1.82) is 0 Å². The number of hydrogen-bond acceptors (Lipinski definition) is 2. The summed E-state index contributed by atoms with van der Waals surface area (Å²) in [4.78, 5) is 0. The van der Waals surface area contributed by atoms with Gasteiger partial charge in [0.25, 0.3) is 0 Å². The van der Waals surface area contributed by atoms with Crippen LogP contribution in [-0.4, -0.2) is 13.2 Å². The molecule has 3 heteroatoms. The average molecular weight is 320 g/mol. The molecule has 0 heterocycles. The van der Waals surface area contributed by atoms with Crippen molar-refractivity contribution < 1.29 is 4.74 Å². The first-order valence-corrected chi connectivity index (χ1v) is 7.17. The Kier molecular flexibility index (Phi) is 5.43. The Labute approximate surface area is 122 Å². The van der Waals surface area contributed by atoms with Crippen molar-refractivity contribution in [1.82, 2.24) is 0 Å².